The van der Waals surface area contributed by atoms with E-state index in [1.807, 2.05) is 50.4 Å². The molecule has 1 heterocycles. The largest absolute Gasteiger partial charge is 0.493 e. The molecule has 1 saturated heterocycles. The quantitative estimate of drug-likeness (QED) is 0.431. The molecule has 0 spiro atoms. The van der Waals surface area contributed by atoms with Crippen molar-refractivity contribution >= 4 is 11.8 Å². The van der Waals surface area contributed by atoms with Gasteiger partial charge in [0.2, 0.25) is 0 Å². The summed E-state index contributed by atoms with van der Waals surface area (Å²) in [4.78, 5) is 3.33. The molecule has 0 amide bonds. The molecule has 1 aliphatic heterocycles. The number of alkyl halides is 1. The molecule has 0 N–H and O–H groups in total. The van der Waals surface area contributed by atoms with E-state index in [0.717, 1.165) is 36.4 Å². The minimum atomic E-state index is -1.15. The second kappa shape index (κ2) is 11.7. The molecule has 30 heavy (non-hydrogen) atoms. The molecule has 0 aliphatic carbocycles. The number of hydrogen-bond acceptors (Lipinski definition) is 3. The minimum Gasteiger partial charge on any atom is -0.493 e. The molecule has 3 rings (SSSR count). The Balaban J connectivity index is 0.00000155. The fourth-order valence-corrected chi connectivity index (χ4v) is 4.06. The van der Waals surface area contributed by atoms with Gasteiger partial charge in [0.25, 0.3) is 0 Å². The van der Waals surface area contributed by atoms with Gasteiger partial charge in [-0.2, -0.15) is 0 Å². The van der Waals surface area contributed by atoms with Crippen LogP contribution in [0.2, 0.25) is 0 Å². The van der Waals surface area contributed by atoms with E-state index in [1.54, 1.807) is 31.7 Å². The number of hydrogen-bond donors (Lipinski definition) is 0. The lowest BCUT2D eigenvalue weighted by molar-refractivity contribution is 0.0836. The molecule has 0 radical (unpaired) electrons. The van der Waals surface area contributed by atoms with Crippen LogP contribution < -0.4 is 4.74 Å². The zero-order valence-corrected chi connectivity index (χ0v) is 19.7. The van der Waals surface area contributed by atoms with Crippen molar-refractivity contribution in [3.63, 3.8) is 0 Å². The highest BCUT2D eigenvalue weighted by Gasteiger charge is 2.25. The van der Waals surface area contributed by atoms with Gasteiger partial charge < -0.3 is 9.64 Å². The Kier molecular flexibility index (Phi) is 9.63. The van der Waals surface area contributed by atoms with Crippen molar-refractivity contribution in [2.24, 2.45) is 5.92 Å². The normalized spacial score (nSPS) is 15.4. The number of benzene rings is 2. The van der Waals surface area contributed by atoms with Gasteiger partial charge in [-0.1, -0.05) is 26.0 Å². The van der Waals surface area contributed by atoms with E-state index in [2.05, 4.69) is 4.90 Å². The molecule has 5 heteroatoms. The van der Waals surface area contributed by atoms with Crippen LogP contribution in [0.25, 0.3) is 11.1 Å². The summed E-state index contributed by atoms with van der Waals surface area (Å²) in [5, 5.41) is 0. The van der Waals surface area contributed by atoms with Gasteiger partial charge in [-0.25, -0.2) is 8.78 Å². The Labute approximate surface area is 185 Å². The molecule has 0 unspecified atom stereocenters. The molecule has 0 saturated carbocycles. The molecule has 1 fully saturated rings. The molecule has 0 aromatic heterocycles. The Morgan fingerprint density at radius 2 is 1.70 bits per heavy atom. The average molecular weight is 436 g/mol. The fourth-order valence-electron chi connectivity index (χ4n) is 3.65. The monoisotopic (exact) mass is 435 g/mol. The summed E-state index contributed by atoms with van der Waals surface area (Å²) in [6.45, 7) is 10.1. The van der Waals surface area contributed by atoms with Crippen LogP contribution in [0.5, 0.6) is 5.75 Å². The summed E-state index contributed by atoms with van der Waals surface area (Å²) in [5.41, 5.74) is 0.297. The first-order chi connectivity index (χ1) is 14.3. The fraction of sp³-hybridized carbons (Fsp3) is 0.520. The maximum atomic E-state index is 14.6. The number of halogens is 2. The summed E-state index contributed by atoms with van der Waals surface area (Å²) in [6, 6.07) is 13.0. The lowest BCUT2D eigenvalue weighted by Gasteiger charge is -2.34. The molecule has 2 aromatic carbocycles. The topological polar surface area (TPSA) is 12.5 Å². The maximum Gasteiger partial charge on any atom is 0.134 e. The summed E-state index contributed by atoms with van der Waals surface area (Å²) < 4.78 is 34.2. The molecule has 166 valence electrons. The van der Waals surface area contributed by atoms with Gasteiger partial charge >= 0.3 is 0 Å². The van der Waals surface area contributed by atoms with Gasteiger partial charge in [-0.3, -0.25) is 0 Å². The van der Waals surface area contributed by atoms with Crippen molar-refractivity contribution < 1.29 is 13.5 Å². The first-order valence-corrected chi connectivity index (χ1v) is 12.0. The summed E-state index contributed by atoms with van der Waals surface area (Å²) >= 11 is 1.67. The van der Waals surface area contributed by atoms with Gasteiger partial charge in [0, 0.05) is 23.1 Å². The van der Waals surface area contributed by atoms with Gasteiger partial charge in [0.1, 0.15) is 17.2 Å². The zero-order chi connectivity index (χ0) is 22.1. The van der Waals surface area contributed by atoms with Gasteiger partial charge in [0.15, 0.2) is 0 Å². The number of piperidine rings is 1. The Morgan fingerprint density at radius 1 is 1.07 bits per heavy atom. The molecule has 2 aromatic rings. The molecule has 0 atom stereocenters. The second-order valence-corrected chi connectivity index (χ2v) is 9.00. The highest BCUT2D eigenvalue weighted by Crippen LogP contribution is 2.29. The van der Waals surface area contributed by atoms with Crippen LogP contribution in [0.4, 0.5) is 8.78 Å². The van der Waals surface area contributed by atoms with E-state index in [1.165, 1.54) is 6.07 Å². The number of nitrogens with zero attached hydrogens (tertiary/aromatic N) is 1. The first-order valence-electron chi connectivity index (χ1n) is 10.8. The third kappa shape index (κ3) is 7.59. The Hall–Kier alpha value is -1.59. The van der Waals surface area contributed by atoms with Crippen molar-refractivity contribution in [2.75, 3.05) is 32.5 Å². The SMILES string of the molecule is CC.CSc1ccc(-c2ccc(OCC3CCN(CC(C)(C)F)CC3)cc2F)cc1. The average Bonchev–Trinajstić information content (AvgIpc) is 2.74. The zero-order valence-electron chi connectivity index (χ0n) is 18.9. The maximum absolute atomic E-state index is 14.6. The van der Waals surface area contributed by atoms with Crippen LogP contribution in [0.1, 0.15) is 40.5 Å². The lowest BCUT2D eigenvalue weighted by Crippen LogP contribution is -2.41. The molecular weight excluding hydrogens is 400 g/mol. The van der Waals surface area contributed by atoms with Gasteiger partial charge in [0.05, 0.1) is 6.61 Å². The highest BCUT2D eigenvalue weighted by atomic mass is 32.2. The van der Waals surface area contributed by atoms with Crippen molar-refractivity contribution in [3.05, 3.63) is 48.3 Å². The highest BCUT2D eigenvalue weighted by molar-refractivity contribution is 7.98. The van der Waals surface area contributed by atoms with Gasteiger partial charge in [-0.15, -0.1) is 11.8 Å². The number of ether oxygens (including phenoxy) is 1. The summed E-state index contributed by atoms with van der Waals surface area (Å²) in [5.74, 6) is 0.726. The molecular formula is C25H35F2NOS. The van der Waals surface area contributed by atoms with E-state index >= 15 is 0 Å². The summed E-state index contributed by atoms with van der Waals surface area (Å²) in [7, 11) is 0. The van der Waals surface area contributed by atoms with E-state index < -0.39 is 5.67 Å². The Morgan fingerprint density at radius 3 is 2.23 bits per heavy atom. The first kappa shape index (κ1) is 24.7. The smallest absolute Gasteiger partial charge is 0.134 e. The van der Waals surface area contributed by atoms with Crippen molar-refractivity contribution in [2.45, 2.75) is 51.1 Å². The second-order valence-electron chi connectivity index (χ2n) is 8.12. The minimum absolute atomic E-state index is 0.269. The third-order valence-electron chi connectivity index (χ3n) is 5.13. The van der Waals surface area contributed by atoms with E-state index in [0.29, 0.717) is 30.4 Å². The van der Waals surface area contributed by atoms with Crippen LogP contribution in [0, 0.1) is 11.7 Å². The number of rotatable bonds is 7. The van der Waals surface area contributed by atoms with Crippen LogP contribution in [-0.4, -0.2) is 43.1 Å². The Bertz CT molecular complexity index is 766. The van der Waals surface area contributed by atoms with Crippen LogP contribution in [-0.2, 0) is 0 Å². The van der Waals surface area contributed by atoms with E-state index in [4.69, 9.17) is 4.74 Å². The predicted octanol–water partition coefficient (Wildman–Crippen LogP) is 7.08. The summed E-state index contributed by atoms with van der Waals surface area (Å²) in [6.07, 6.45) is 3.99. The van der Waals surface area contributed by atoms with E-state index in [9.17, 15) is 8.78 Å². The lowest BCUT2D eigenvalue weighted by atomic mass is 9.97. The number of likely N-dealkylation sites (tertiary alicyclic amines) is 1. The predicted molar refractivity (Wildman–Crippen MR) is 125 cm³/mol. The van der Waals surface area contributed by atoms with Crippen molar-refractivity contribution in [1.82, 2.24) is 4.90 Å². The van der Waals surface area contributed by atoms with E-state index in [-0.39, 0.29) is 5.82 Å². The third-order valence-corrected chi connectivity index (χ3v) is 5.88. The van der Waals surface area contributed by atoms with Crippen molar-refractivity contribution in [1.29, 1.82) is 0 Å². The van der Waals surface area contributed by atoms with Crippen LogP contribution in [0.3, 0.4) is 0 Å². The van der Waals surface area contributed by atoms with Crippen LogP contribution in [0.15, 0.2) is 47.4 Å². The van der Waals surface area contributed by atoms with Crippen LogP contribution >= 0.6 is 11.8 Å². The molecule has 2 nitrogen and oxygen atoms in total. The van der Waals surface area contributed by atoms with Crippen molar-refractivity contribution in [3.8, 4) is 16.9 Å². The molecule has 0 bridgehead atoms. The standard InChI is InChI=1S/C23H29F2NOS.C2H6/c1-23(2,25)16-26-12-10-17(11-13-26)15-27-19-6-9-21(22(24)14-19)18-4-7-20(28-3)8-5-18;1-2/h4-9,14,17H,10-13,15-16H2,1-3H3;1-2H3. The molecule has 1 aliphatic rings. The van der Waals surface area contributed by atoms with Gasteiger partial charge in [-0.05, 0) is 81.8 Å². The number of thioether (sulfide) groups is 1.